The fourth-order valence-corrected chi connectivity index (χ4v) is 1.44. The van der Waals surface area contributed by atoms with Crippen LogP contribution in [0, 0.1) is 0 Å². The van der Waals surface area contributed by atoms with Crippen molar-refractivity contribution in [2.75, 3.05) is 6.54 Å². The minimum Gasteiger partial charge on any atom is -0.487 e. The van der Waals surface area contributed by atoms with Gasteiger partial charge in [0.15, 0.2) is 6.10 Å². The standard InChI is InChI=1S/C11H14N2O2/c1-8(10-7-13-11(12)15-10)14-9-5-3-2-4-6-9/h2-6,8,10H,7H2,1H3,(H2,12,13). The summed E-state index contributed by atoms with van der Waals surface area (Å²) in [5.74, 6) is 0.832. The molecule has 0 spiro atoms. The lowest BCUT2D eigenvalue weighted by atomic mass is 10.2. The first-order valence-electron chi connectivity index (χ1n) is 4.94. The van der Waals surface area contributed by atoms with Crippen molar-refractivity contribution in [3.05, 3.63) is 30.3 Å². The summed E-state index contributed by atoms with van der Waals surface area (Å²) in [7, 11) is 0. The van der Waals surface area contributed by atoms with E-state index >= 15 is 0 Å². The maximum Gasteiger partial charge on any atom is 0.282 e. The van der Waals surface area contributed by atoms with E-state index in [2.05, 4.69) is 4.99 Å². The molecule has 1 heterocycles. The molecular weight excluding hydrogens is 192 g/mol. The Morgan fingerprint density at radius 2 is 2.20 bits per heavy atom. The molecule has 1 aromatic rings. The van der Waals surface area contributed by atoms with Crippen molar-refractivity contribution in [3.8, 4) is 5.75 Å². The molecule has 2 atom stereocenters. The van der Waals surface area contributed by atoms with Gasteiger partial charge in [0, 0.05) is 0 Å². The van der Waals surface area contributed by atoms with Crippen molar-refractivity contribution in [3.63, 3.8) is 0 Å². The molecule has 0 fully saturated rings. The van der Waals surface area contributed by atoms with Crippen LogP contribution in [0.3, 0.4) is 0 Å². The van der Waals surface area contributed by atoms with Crippen molar-refractivity contribution in [1.29, 1.82) is 0 Å². The third kappa shape index (κ3) is 2.40. The lowest BCUT2D eigenvalue weighted by Gasteiger charge is -2.19. The number of nitrogens with two attached hydrogens (primary N) is 1. The van der Waals surface area contributed by atoms with E-state index in [4.69, 9.17) is 15.2 Å². The second-order valence-corrected chi connectivity index (χ2v) is 3.47. The van der Waals surface area contributed by atoms with Gasteiger partial charge in [-0.2, -0.15) is 0 Å². The van der Waals surface area contributed by atoms with Crippen LogP contribution in [0.1, 0.15) is 6.92 Å². The molecule has 2 unspecified atom stereocenters. The van der Waals surface area contributed by atoms with Gasteiger partial charge in [-0.1, -0.05) is 18.2 Å². The minimum atomic E-state index is -0.0785. The Bertz CT molecular complexity index is 351. The quantitative estimate of drug-likeness (QED) is 0.807. The number of nitrogens with zero attached hydrogens (tertiary/aromatic N) is 1. The van der Waals surface area contributed by atoms with E-state index in [-0.39, 0.29) is 18.2 Å². The zero-order valence-corrected chi connectivity index (χ0v) is 8.59. The van der Waals surface area contributed by atoms with Gasteiger partial charge in [0.1, 0.15) is 11.9 Å². The molecule has 2 rings (SSSR count). The predicted octanol–water partition coefficient (Wildman–Crippen LogP) is 1.17. The van der Waals surface area contributed by atoms with Crippen molar-refractivity contribution in [1.82, 2.24) is 0 Å². The molecule has 1 aliphatic heterocycles. The van der Waals surface area contributed by atoms with Crippen molar-refractivity contribution >= 4 is 6.02 Å². The van der Waals surface area contributed by atoms with Crippen LogP contribution in [0.5, 0.6) is 5.75 Å². The van der Waals surface area contributed by atoms with Crippen LogP contribution in [0.4, 0.5) is 0 Å². The van der Waals surface area contributed by atoms with Gasteiger partial charge in [-0.15, -0.1) is 0 Å². The van der Waals surface area contributed by atoms with Crippen LogP contribution in [0.15, 0.2) is 35.3 Å². The zero-order valence-electron chi connectivity index (χ0n) is 8.59. The topological polar surface area (TPSA) is 56.8 Å². The molecule has 4 heteroatoms. The molecule has 1 aliphatic rings. The van der Waals surface area contributed by atoms with Gasteiger partial charge in [0.05, 0.1) is 6.54 Å². The van der Waals surface area contributed by atoms with E-state index < -0.39 is 0 Å². The fraction of sp³-hybridized carbons (Fsp3) is 0.364. The van der Waals surface area contributed by atoms with Crippen molar-refractivity contribution < 1.29 is 9.47 Å². The molecule has 0 aliphatic carbocycles. The SMILES string of the molecule is CC(Oc1ccccc1)C1CN=C(N)O1. The summed E-state index contributed by atoms with van der Waals surface area (Å²) in [6, 6.07) is 9.89. The first-order valence-corrected chi connectivity index (χ1v) is 4.94. The predicted molar refractivity (Wildman–Crippen MR) is 57.9 cm³/mol. The normalized spacial score (nSPS) is 21.7. The number of ether oxygens (including phenoxy) is 2. The van der Waals surface area contributed by atoms with E-state index in [0.717, 1.165) is 5.75 Å². The van der Waals surface area contributed by atoms with Crippen LogP contribution in [-0.2, 0) is 4.74 Å². The Kier molecular flexibility index (Phi) is 2.76. The van der Waals surface area contributed by atoms with E-state index in [1.165, 1.54) is 0 Å². The molecule has 0 radical (unpaired) electrons. The van der Waals surface area contributed by atoms with Crippen LogP contribution in [0.2, 0.25) is 0 Å². The molecule has 0 saturated heterocycles. The van der Waals surface area contributed by atoms with Crippen LogP contribution >= 0.6 is 0 Å². The maximum atomic E-state index is 5.69. The summed E-state index contributed by atoms with van der Waals surface area (Å²) in [5, 5.41) is 0. The average Bonchev–Trinajstić information content (AvgIpc) is 2.66. The van der Waals surface area contributed by atoms with E-state index in [1.807, 2.05) is 37.3 Å². The first kappa shape index (κ1) is 9.83. The summed E-state index contributed by atoms with van der Waals surface area (Å²) >= 11 is 0. The van der Waals surface area contributed by atoms with Gasteiger partial charge in [-0.05, 0) is 19.1 Å². The number of hydrogen-bond acceptors (Lipinski definition) is 4. The molecule has 4 nitrogen and oxygen atoms in total. The van der Waals surface area contributed by atoms with Gasteiger partial charge < -0.3 is 15.2 Å². The molecule has 2 N–H and O–H groups in total. The highest BCUT2D eigenvalue weighted by Gasteiger charge is 2.25. The summed E-state index contributed by atoms with van der Waals surface area (Å²) in [5.41, 5.74) is 5.43. The summed E-state index contributed by atoms with van der Waals surface area (Å²) in [6.07, 6.45) is -0.137. The van der Waals surface area contributed by atoms with Crippen molar-refractivity contribution in [2.45, 2.75) is 19.1 Å². The first-order chi connectivity index (χ1) is 7.25. The minimum absolute atomic E-state index is 0.0581. The highest BCUT2D eigenvalue weighted by molar-refractivity contribution is 5.73. The molecule has 80 valence electrons. The number of rotatable bonds is 3. The zero-order chi connectivity index (χ0) is 10.7. The monoisotopic (exact) mass is 206 g/mol. The highest BCUT2D eigenvalue weighted by Crippen LogP contribution is 2.15. The molecule has 15 heavy (non-hydrogen) atoms. The van der Waals surface area contributed by atoms with E-state index in [0.29, 0.717) is 6.54 Å². The number of para-hydroxylation sites is 1. The number of amidine groups is 1. The Hall–Kier alpha value is -1.71. The van der Waals surface area contributed by atoms with Crippen LogP contribution < -0.4 is 10.5 Å². The Balaban J connectivity index is 1.91. The summed E-state index contributed by atoms with van der Waals surface area (Å²) in [6.45, 7) is 2.52. The molecule has 0 amide bonds. The number of aliphatic imine (C=N–C) groups is 1. The fourth-order valence-electron chi connectivity index (χ4n) is 1.44. The van der Waals surface area contributed by atoms with Crippen molar-refractivity contribution in [2.24, 2.45) is 10.7 Å². The Morgan fingerprint density at radius 1 is 1.47 bits per heavy atom. The lowest BCUT2D eigenvalue weighted by molar-refractivity contribution is 0.0760. The van der Waals surface area contributed by atoms with Crippen LogP contribution in [-0.4, -0.2) is 24.8 Å². The van der Waals surface area contributed by atoms with Gasteiger partial charge in [0.25, 0.3) is 6.02 Å². The highest BCUT2D eigenvalue weighted by atomic mass is 16.6. The van der Waals surface area contributed by atoms with Gasteiger partial charge in [-0.3, -0.25) is 0 Å². The second kappa shape index (κ2) is 4.21. The Labute approximate surface area is 88.7 Å². The molecule has 0 bridgehead atoms. The maximum absolute atomic E-state index is 5.69. The summed E-state index contributed by atoms with van der Waals surface area (Å²) in [4.78, 5) is 3.97. The third-order valence-electron chi connectivity index (χ3n) is 2.29. The molecular formula is C11H14N2O2. The largest absolute Gasteiger partial charge is 0.487 e. The molecule has 0 saturated carbocycles. The molecule has 1 aromatic carbocycles. The number of benzene rings is 1. The lowest BCUT2D eigenvalue weighted by Crippen LogP contribution is -2.33. The van der Waals surface area contributed by atoms with Gasteiger partial charge >= 0.3 is 0 Å². The van der Waals surface area contributed by atoms with E-state index in [1.54, 1.807) is 0 Å². The van der Waals surface area contributed by atoms with Gasteiger partial charge in [0.2, 0.25) is 0 Å². The third-order valence-corrected chi connectivity index (χ3v) is 2.29. The summed E-state index contributed by atoms with van der Waals surface area (Å²) < 4.78 is 11.0. The second-order valence-electron chi connectivity index (χ2n) is 3.47. The smallest absolute Gasteiger partial charge is 0.282 e. The Morgan fingerprint density at radius 3 is 2.80 bits per heavy atom. The number of hydrogen-bond donors (Lipinski definition) is 1. The van der Waals surface area contributed by atoms with Gasteiger partial charge in [-0.25, -0.2) is 4.99 Å². The van der Waals surface area contributed by atoms with Crippen LogP contribution in [0.25, 0.3) is 0 Å². The average molecular weight is 206 g/mol. The van der Waals surface area contributed by atoms with E-state index in [9.17, 15) is 0 Å². The molecule has 0 aromatic heterocycles.